The summed E-state index contributed by atoms with van der Waals surface area (Å²) in [5, 5.41) is 7.26. The average molecular weight is 423 g/mol. The number of benzene rings is 5. The van der Waals surface area contributed by atoms with Crippen molar-refractivity contribution in [2.75, 3.05) is 0 Å². The van der Waals surface area contributed by atoms with Crippen LogP contribution in [0.15, 0.2) is 99.9 Å². The normalized spacial score (nSPS) is 11.8. The summed E-state index contributed by atoms with van der Waals surface area (Å²) in [7, 11) is 0. The highest BCUT2D eigenvalue weighted by Crippen LogP contribution is 2.43. The van der Waals surface area contributed by atoms with Crippen LogP contribution in [0, 0.1) is 0 Å². The second kappa shape index (κ2) is 5.95. The predicted molar refractivity (Wildman–Crippen MR) is 122 cm³/mol. The van der Waals surface area contributed by atoms with Gasteiger partial charge in [0.2, 0.25) is 0 Å². The monoisotopic (exact) mass is 422 g/mol. The topological polar surface area (TPSA) is 13.1 Å². The molecule has 1 heterocycles. The van der Waals surface area contributed by atoms with Crippen molar-refractivity contribution in [2.45, 2.75) is 0 Å². The van der Waals surface area contributed by atoms with Crippen LogP contribution in [0.1, 0.15) is 0 Å². The van der Waals surface area contributed by atoms with E-state index in [0.717, 1.165) is 37.5 Å². The predicted octanol–water partition coefficient (Wildman–Crippen LogP) is 8.32. The highest BCUT2D eigenvalue weighted by molar-refractivity contribution is 9.10. The van der Waals surface area contributed by atoms with Crippen LogP contribution in [0.5, 0.6) is 0 Å². The van der Waals surface area contributed by atoms with Gasteiger partial charge in [0.15, 0.2) is 0 Å². The van der Waals surface area contributed by atoms with Crippen LogP contribution >= 0.6 is 15.9 Å². The first-order valence-electron chi connectivity index (χ1n) is 9.32. The van der Waals surface area contributed by atoms with Gasteiger partial charge in [-0.15, -0.1) is 0 Å². The third-order valence-corrected chi connectivity index (χ3v) is 6.06. The molecule has 5 aromatic carbocycles. The Morgan fingerprint density at radius 1 is 0.500 bits per heavy atom. The number of hydrogen-bond acceptors (Lipinski definition) is 1. The van der Waals surface area contributed by atoms with Crippen LogP contribution in [0.4, 0.5) is 0 Å². The molecule has 1 aromatic heterocycles. The molecule has 0 spiro atoms. The maximum absolute atomic E-state index is 6.58. The van der Waals surface area contributed by atoms with Crippen LogP contribution in [-0.2, 0) is 0 Å². The molecule has 0 bridgehead atoms. The minimum absolute atomic E-state index is 0.946. The first-order valence-corrected chi connectivity index (χ1v) is 10.1. The number of halogens is 1. The van der Waals surface area contributed by atoms with Crippen LogP contribution in [0.3, 0.4) is 0 Å². The lowest BCUT2D eigenvalue weighted by Crippen LogP contribution is -1.80. The lowest BCUT2D eigenvalue weighted by molar-refractivity contribution is 0.674. The molecule has 0 atom stereocenters. The number of para-hydroxylation sites is 1. The lowest BCUT2D eigenvalue weighted by atomic mass is 9.96. The Morgan fingerprint density at radius 3 is 1.86 bits per heavy atom. The molecule has 6 aromatic rings. The van der Waals surface area contributed by atoms with E-state index in [9.17, 15) is 0 Å². The zero-order chi connectivity index (χ0) is 18.7. The van der Waals surface area contributed by atoms with E-state index >= 15 is 0 Å². The fourth-order valence-electron chi connectivity index (χ4n) is 4.29. The van der Waals surface area contributed by atoms with Gasteiger partial charge in [-0.2, -0.15) is 0 Å². The van der Waals surface area contributed by atoms with Crippen molar-refractivity contribution in [2.24, 2.45) is 0 Å². The minimum atomic E-state index is 0.946. The molecule has 0 aliphatic rings. The smallest absolute Gasteiger partial charge is 0.143 e. The minimum Gasteiger partial charge on any atom is -0.455 e. The van der Waals surface area contributed by atoms with Gasteiger partial charge in [-0.25, -0.2) is 0 Å². The maximum atomic E-state index is 6.58. The first-order chi connectivity index (χ1) is 13.8. The van der Waals surface area contributed by atoms with Crippen LogP contribution < -0.4 is 0 Å². The highest BCUT2D eigenvalue weighted by Gasteiger charge is 2.17. The summed E-state index contributed by atoms with van der Waals surface area (Å²) in [5.74, 6) is 0. The quantitative estimate of drug-likeness (QED) is 0.242. The van der Waals surface area contributed by atoms with Gasteiger partial charge >= 0.3 is 0 Å². The summed E-state index contributed by atoms with van der Waals surface area (Å²) in [6.07, 6.45) is 0. The van der Waals surface area contributed by atoms with Gasteiger partial charge in [0, 0.05) is 26.2 Å². The second-order valence-corrected chi connectivity index (χ2v) is 8.00. The number of rotatable bonds is 1. The Balaban J connectivity index is 1.85. The van der Waals surface area contributed by atoms with Crippen molar-refractivity contribution in [3.63, 3.8) is 0 Å². The fraction of sp³-hybridized carbons (Fsp3) is 0. The Labute approximate surface area is 170 Å². The van der Waals surface area contributed by atoms with Crippen molar-refractivity contribution in [3.05, 3.63) is 95.5 Å². The standard InChI is InChI=1S/C26H15BrO/c27-17-14-12-16(13-15-17)18-10-5-11-23-24-21-8-3-1-6-19(21)20-7-2-4-9-22(20)26(24)28-25(18)23/h1-15H. The number of fused-ring (bicyclic) bond motifs is 8. The summed E-state index contributed by atoms with van der Waals surface area (Å²) in [6, 6.07) is 32.0. The molecule has 6 rings (SSSR count). The van der Waals surface area contributed by atoms with Crippen molar-refractivity contribution in [3.8, 4) is 11.1 Å². The van der Waals surface area contributed by atoms with Crippen molar-refractivity contribution < 1.29 is 4.42 Å². The van der Waals surface area contributed by atoms with E-state index in [4.69, 9.17) is 4.42 Å². The Morgan fingerprint density at radius 2 is 1.11 bits per heavy atom. The van der Waals surface area contributed by atoms with Crippen molar-refractivity contribution in [1.82, 2.24) is 0 Å². The van der Waals surface area contributed by atoms with E-state index in [-0.39, 0.29) is 0 Å². The molecular formula is C26H15BrO. The van der Waals surface area contributed by atoms with E-state index in [1.54, 1.807) is 0 Å². The van der Waals surface area contributed by atoms with Gasteiger partial charge in [-0.05, 0) is 33.9 Å². The van der Waals surface area contributed by atoms with Crippen molar-refractivity contribution in [1.29, 1.82) is 0 Å². The third-order valence-electron chi connectivity index (χ3n) is 5.53. The summed E-state index contributed by atoms with van der Waals surface area (Å²) < 4.78 is 7.65. The molecule has 0 aliphatic carbocycles. The summed E-state index contributed by atoms with van der Waals surface area (Å²) in [5.41, 5.74) is 4.19. The maximum Gasteiger partial charge on any atom is 0.143 e. The van der Waals surface area contributed by atoms with E-state index < -0.39 is 0 Å². The molecule has 0 amide bonds. The summed E-state index contributed by atoms with van der Waals surface area (Å²) in [6.45, 7) is 0. The largest absolute Gasteiger partial charge is 0.455 e. The molecule has 28 heavy (non-hydrogen) atoms. The van der Waals surface area contributed by atoms with Crippen molar-refractivity contribution >= 4 is 59.4 Å². The third kappa shape index (κ3) is 2.18. The van der Waals surface area contributed by atoms with Gasteiger partial charge in [0.25, 0.3) is 0 Å². The molecule has 0 aliphatic heterocycles. The average Bonchev–Trinajstić information content (AvgIpc) is 3.15. The SMILES string of the molecule is Brc1ccc(-c2cccc3c2oc2c4ccccc4c4ccccc4c32)cc1. The molecule has 0 unspecified atom stereocenters. The van der Waals surface area contributed by atoms with Gasteiger partial charge in [-0.3, -0.25) is 0 Å². The molecule has 0 N–H and O–H groups in total. The van der Waals surface area contributed by atoms with Crippen LogP contribution in [0.2, 0.25) is 0 Å². The molecule has 132 valence electrons. The molecule has 0 saturated carbocycles. The Kier molecular flexibility index (Phi) is 3.38. The number of hydrogen-bond donors (Lipinski definition) is 0. The van der Waals surface area contributed by atoms with Crippen LogP contribution in [-0.4, -0.2) is 0 Å². The fourth-order valence-corrected chi connectivity index (χ4v) is 4.55. The Hall–Kier alpha value is -3.10. The lowest BCUT2D eigenvalue weighted by Gasteiger charge is -2.05. The van der Waals surface area contributed by atoms with E-state index in [0.29, 0.717) is 0 Å². The highest BCUT2D eigenvalue weighted by atomic mass is 79.9. The first kappa shape index (κ1) is 15.9. The second-order valence-electron chi connectivity index (χ2n) is 7.09. The van der Waals surface area contributed by atoms with Gasteiger partial charge < -0.3 is 4.42 Å². The molecular weight excluding hydrogens is 408 g/mol. The zero-order valence-corrected chi connectivity index (χ0v) is 16.5. The molecule has 0 radical (unpaired) electrons. The van der Waals surface area contributed by atoms with Gasteiger partial charge in [0.05, 0.1) is 0 Å². The summed E-state index contributed by atoms with van der Waals surface area (Å²) >= 11 is 3.53. The van der Waals surface area contributed by atoms with E-state index in [2.05, 4.69) is 107 Å². The van der Waals surface area contributed by atoms with Gasteiger partial charge in [-0.1, -0.05) is 94.8 Å². The molecule has 2 heteroatoms. The number of furan rings is 1. The van der Waals surface area contributed by atoms with E-state index in [1.165, 1.54) is 21.5 Å². The van der Waals surface area contributed by atoms with Gasteiger partial charge in [0.1, 0.15) is 11.2 Å². The van der Waals surface area contributed by atoms with Crippen LogP contribution in [0.25, 0.3) is 54.6 Å². The summed E-state index contributed by atoms with van der Waals surface area (Å²) in [4.78, 5) is 0. The molecule has 0 saturated heterocycles. The molecule has 1 nitrogen and oxygen atoms in total. The van der Waals surface area contributed by atoms with E-state index in [1.807, 2.05) is 0 Å². The molecule has 0 fully saturated rings. The Bertz CT molecular complexity index is 1510. The zero-order valence-electron chi connectivity index (χ0n) is 14.9.